The topological polar surface area (TPSA) is 0 Å². The molecule has 27 heavy (non-hydrogen) atoms. The first-order valence-corrected chi connectivity index (χ1v) is 11.4. The third-order valence-electron chi connectivity index (χ3n) is 6.54. The van der Waals surface area contributed by atoms with E-state index in [1.165, 1.54) is 74.5 Å². The highest BCUT2D eigenvalue weighted by Gasteiger charge is 2.21. The number of benzene rings is 2. The molecule has 2 aromatic carbocycles. The van der Waals surface area contributed by atoms with Gasteiger partial charge in [0.1, 0.15) is 0 Å². The van der Waals surface area contributed by atoms with Crippen LogP contribution in [0.5, 0.6) is 0 Å². The lowest BCUT2D eigenvalue weighted by atomic mass is 9.77. The lowest BCUT2D eigenvalue weighted by molar-refractivity contribution is 0.308. The quantitative estimate of drug-likeness (QED) is 0.425. The highest BCUT2D eigenvalue weighted by atomic mass is 14.3. The molecule has 0 N–H and O–H groups in total. The summed E-state index contributed by atoms with van der Waals surface area (Å²) >= 11 is 0. The van der Waals surface area contributed by atoms with Crippen molar-refractivity contribution in [2.75, 3.05) is 0 Å². The summed E-state index contributed by atoms with van der Waals surface area (Å²) in [6, 6.07) is 18.9. The number of hydrogen-bond acceptors (Lipinski definition) is 0. The smallest absolute Gasteiger partial charge is 0.0162 e. The lowest BCUT2D eigenvalue weighted by Gasteiger charge is -2.28. The van der Waals surface area contributed by atoms with E-state index in [-0.39, 0.29) is 0 Å². The van der Waals surface area contributed by atoms with Crippen LogP contribution in [0.15, 0.2) is 48.5 Å². The highest BCUT2D eigenvalue weighted by molar-refractivity contribution is 5.28. The molecule has 2 aromatic rings. The van der Waals surface area contributed by atoms with Crippen LogP contribution in [0.25, 0.3) is 0 Å². The van der Waals surface area contributed by atoms with Crippen molar-refractivity contribution in [1.29, 1.82) is 0 Å². The molecule has 0 heterocycles. The first kappa shape index (κ1) is 20.2. The third kappa shape index (κ3) is 6.23. The summed E-state index contributed by atoms with van der Waals surface area (Å²) < 4.78 is 0. The minimum absolute atomic E-state index is 0.808. The van der Waals surface area contributed by atoms with Crippen molar-refractivity contribution in [3.8, 4) is 0 Å². The molecule has 0 aromatic heterocycles. The van der Waals surface area contributed by atoms with E-state index < -0.39 is 0 Å². The second-order valence-electron chi connectivity index (χ2n) is 8.67. The van der Waals surface area contributed by atoms with E-state index in [1.54, 1.807) is 5.56 Å². The molecule has 1 aliphatic carbocycles. The molecule has 0 amide bonds. The van der Waals surface area contributed by atoms with Gasteiger partial charge in [-0.25, -0.2) is 0 Å². The Labute approximate surface area is 167 Å². The first-order valence-electron chi connectivity index (χ1n) is 11.4. The Morgan fingerprint density at radius 2 is 1.15 bits per heavy atom. The van der Waals surface area contributed by atoms with Crippen molar-refractivity contribution in [3.05, 3.63) is 70.8 Å². The van der Waals surface area contributed by atoms with Crippen molar-refractivity contribution in [3.63, 3.8) is 0 Å². The zero-order valence-electron chi connectivity index (χ0n) is 17.6. The highest BCUT2D eigenvalue weighted by Crippen LogP contribution is 2.37. The zero-order chi connectivity index (χ0) is 18.9. The Kier molecular flexibility index (Phi) is 7.99. The number of aryl methyl sites for hydroxylation is 3. The Morgan fingerprint density at radius 3 is 1.67 bits per heavy atom. The SMILES string of the molecule is CCCCc1ccc(CCc2ccc([C@H]3CC[C@H](CCC)CC3)cc2)cc1. The largest absolute Gasteiger partial charge is 0.0654 e. The van der Waals surface area contributed by atoms with Gasteiger partial charge < -0.3 is 0 Å². The second-order valence-corrected chi connectivity index (χ2v) is 8.67. The van der Waals surface area contributed by atoms with Crippen LogP contribution < -0.4 is 0 Å². The molecule has 1 aliphatic rings. The summed E-state index contributed by atoms with van der Waals surface area (Å²) in [6.45, 7) is 4.59. The lowest BCUT2D eigenvalue weighted by Crippen LogP contribution is -2.13. The van der Waals surface area contributed by atoms with E-state index in [0.29, 0.717) is 0 Å². The van der Waals surface area contributed by atoms with Crippen LogP contribution in [0.3, 0.4) is 0 Å². The van der Waals surface area contributed by atoms with E-state index >= 15 is 0 Å². The van der Waals surface area contributed by atoms with E-state index in [1.807, 2.05) is 0 Å². The number of rotatable bonds is 9. The fourth-order valence-corrected chi connectivity index (χ4v) is 4.69. The monoisotopic (exact) mass is 362 g/mol. The average molecular weight is 363 g/mol. The van der Waals surface area contributed by atoms with Crippen LogP contribution in [0, 0.1) is 5.92 Å². The molecular formula is C27H38. The predicted octanol–water partition coefficient (Wildman–Crippen LogP) is 7.89. The van der Waals surface area contributed by atoms with E-state index in [4.69, 9.17) is 0 Å². The van der Waals surface area contributed by atoms with Crippen molar-refractivity contribution < 1.29 is 0 Å². The second kappa shape index (κ2) is 10.7. The van der Waals surface area contributed by atoms with Gasteiger partial charge in [0, 0.05) is 0 Å². The van der Waals surface area contributed by atoms with Crippen molar-refractivity contribution >= 4 is 0 Å². The molecule has 0 bridgehead atoms. The molecule has 0 radical (unpaired) electrons. The average Bonchev–Trinajstić information content (AvgIpc) is 2.73. The van der Waals surface area contributed by atoms with E-state index in [0.717, 1.165) is 24.7 Å². The maximum Gasteiger partial charge on any atom is -0.0162 e. The third-order valence-corrected chi connectivity index (χ3v) is 6.54. The standard InChI is InChI=1S/C27H38/c1-3-5-7-23-8-10-24(11-9-23)12-13-25-16-20-27(21-17-25)26-18-14-22(6-4-2)15-19-26/h8-11,16-17,20-22,26H,3-7,12-15,18-19H2,1-2H3/t22-,26-. The van der Waals surface area contributed by atoms with Gasteiger partial charge in [-0.2, -0.15) is 0 Å². The Hall–Kier alpha value is -1.56. The maximum absolute atomic E-state index is 2.41. The Balaban J connectivity index is 1.46. The fraction of sp³-hybridized carbons (Fsp3) is 0.556. The maximum atomic E-state index is 2.41. The number of unbranched alkanes of at least 4 members (excludes halogenated alkanes) is 1. The Bertz CT molecular complexity index is 641. The minimum atomic E-state index is 0.808. The van der Waals surface area contributed by atoms with Crippen LogP contribution in [0.1, 0.15) is 93.4 Å². The van der Waals surface area contributed by atoms with Gasteiger partial charge in [-0.15, -0.1) is 0 Å². The zero-order valence-corrected chi connectivity index (χ0v) is 17.6. The summed E-state index contributed by atoms with van der Waals surface area (Å²) in [5.41, 5.74) is 6.01. The molecule has 0 nitrogen and oxygen atoms in total. The molecule has 0 spiro atoms. The van der Waals surface area contributed by atoms with Gasteiger partial charge in [0.25, 0.3) is 0 Å². The normalized spacial score (nSPS) is 19.9. The van der Waals surface area contributed by atoms with Gasteiger partial charge in [0.2, 0.25) is 0 Å². The molecule has 0 atom stereocenters. The van der Waals surface area contributed by atoms with Gasteiger partial charge >= 0.3 is 0 Å². The van der Waals surface area contributed by atoms with E-state index in [2.05, 4.69) is 62.4 Å². The molecule has 146 valence electrons. The summed E-state index contributed by atoms with van der Waals surface area (Å²) in [6.07, 6.45) is 14.6. The van der Waals surface area contributed by atoms with Crippen LogP contribution in [-0.2, 0) is 19.3 Å². The predicted molar refractivity (Wildman–Crippen MR) is 119 cm³/mol. The molecule has 0 unspecified atom stereocenters. The molecule has 0 aliphatic heterocycles. The minimum Gasteiger partial charge on any atom is -0.0654 e. The Morgan fingerprint density at radius 1 is 0.630 bits per heavy atom. The molecule has 1 saturated carbocycles. The summed E-state index contributed by atoms with van der Waals surface area (Å²) in [5.74, 6) is 1.81. The van der Waals surface area contributed by atoms with Gasteiger partial charge in [-0.05, 0) is 85.5 Å². The van der Waals surface area contributed by atoms with Gasteiger partial charge in [0.15, 0.2) is 0 Å². The van der Waals surface area contributed by atoms with Gasteiger partial charge in [-0.3, -0.25) is 0 Å². The van der Waals surface area contributed by atoms with Crippen LogP contribution in [-0.4, -0.2) is 0 Å². The van der Waals surface area contributed by atoms with Crippen molar-refractivity contribution in [1.82, 2.24) is 0 Å². The van der Waals surface area contributed by atoms with Crippen LogP contribution in [0.4, 0.5) is 0 Å². The van der Waals surface area contributed by atoms with Crippen LogP contribution >= 0.6 is 0 Å². The molecule has 0 heteroatoms. The summed E-state index contributed by atoms with van der Waals surface area (Å²) in [4.78, 5) is 0. The summed E-state index contributed by atoms with van der Waals surface area (Å²) in [5, 5.41) is 0. The molecule has 1 fully saturated rings. The molecular weight excluding hydrogens is 324 g/mol. The summed E-state index contributed by atoms with van der Waals surface area (Å²) in [7, 11) is 0. The van der Waals surface area contributed by atoms with Gasteiger partial charge in [-0.1, -0.05) is 81.6 Å². The van der Waals surface area contributed by atoms with E-state index in [9.17, 15) is 0 Å². The molecule has 0 saturated heterocycles. The number of hydrogen-bond donors (Lipinski definition) is 0. The first-order chi connectivity index (χ1) is 13.3. The van der Waals surface area contributed by atoms with Crippen LogP contribution in [0.2, 0.25) is 0 Å². The van der Waals surface area contributed by atoms with Crippen molar-refractivity contribution in [2.45, 2.75) is 90.4 Å². The van der Waals surface area contributed by atoms with Crippen molar-refractivity contribution in [2.24, 2.45) is 5.92 Å². The van der Waals surface area contributed by atoms with Gasteiger partial charge in [0.05, 0.1) is 0 Å². The molecule has 3 rings (SSSR count). The fourth-order valence-electron chi connectivity index (χ4n) is 4.69.